The predicted octanol–water partition coefficient (Wildman–Crippen LogP) is 5.75. The van der Waals surface area contributed by atoms with Gasteiger partial charge < -0.3 is 4.74 Å². The monoisotopic (exact) mass is 347 g/mol. The largest absolute Gasteiger partial charge is 0.455 e. The minimum absolute atomic E-state index is 0.643. The molecule has 0 fully saturated rings. The zero-order chi connectivity index (χ0) is 14.1. The highest BCUT2D eigenvalue weighted by molar-refractivity contribution is 9.10. The molecule has 3 aromatic rings. The van der Waals surface area contributed by atoms with E-state index in [0.29, 0.717) is 10.8 Å². The second-order valence-electron chi connectivity index (χ2n) is 4.49. The quantitative estimate of drug-likeness (QED) is 0.588. The lowest BCUT2D eigenvalue weighted by Gasteiger charge is -2.09. The summed E-state index contributed by atoms with van der Waals surface area (Å²) < 4.78 is 6.68. The number of nitrogens with zero attached hydrogens (tertiary/aromatic N) is 1. The van der Waals surface area contributed by atoms with Gasteiger partial charge in [0.15, 0.2) is 5.75 Å². The highest BCUT2D eigenvalue weighted by Crippen LogP contribution is 2.35. The Morgan fingerprint density at radius 1 is 1.10 bits per heavy atom. The Bertz CT molecular complexity index is 771. The average Bonchev–Trinajstić information content (AvgIpc) is 2.46. The SMILES string of the molecule is Cc1ccc(Oc2cccc3c(Cl)c(Br)cnc23)cc1. The van der Waals surface area contributed by atoms with Crippen molar-refractivity contribution in [1.29, 1.82) is 0 Å². The summed E-state index contributed by atoms with van der Waals surface area (Å²) >= 11 is 9.66. The normalized spacial score (nSPS) is 10.8. The Labute approximate surface area is 130 Å². The first-order valence-corrected chi connectivity index (χ1v) is 7.29. The van der Waals surface area contributed by atoms with E-state index in [1.807, 2.05) is 49.4 Å². The number of pyridine rings is 1. The van der Waals surface area contributed by atoms with Gasteiger partial charge in [0.2, 0.25) is 0 Å². The molecule has 0 aliphatic carbocycles. The van der Waals surface area contributed by atoms with E-state index >= 15 is 0 Å². The summed E-state index contributed by atoms with van der Waals surface area (Å²) in [5, 5.41) is 1.51. The number of ether oxygens (including phenoxy) is 1. The van der Waals surface area contributed by atoms with Gasteiger partial charge in [0, 0.05) is 11.6 Å². The molecule has 0 radical (unpaired) electrons. The summed E-state index contributed by atoms with van der Waals surface area (Å²) in [4.78, 5) is 4.40. The Morgan fingerprint density at radius 3 is 2.60 bits per heavy atom. The first-order valence-electron chi connectivity index (χ1n) is 6.12. The number of para-hydroxylation sites is 1. The maximum atomic E-state index is 6.28. The number of hydrogen-bond donors (Lipinski definition) is 0. The third kappa shape index (κ3) is 2.51. The fourth-order valence-corrected chi connectivity index (χ4v) is 2.47. The van der Waals surface area contributed by atoms with Crippen molar-refractivity contribution in [3.63, 3.8) is 0 Å². The Kier molecular flexibility index (Phi) is 3.64. The lowest BCUT2D eigenvalue weighted by Crippen LogP contribution is -1.89. The van der Waals surface area contributed by atoms with Gasteiger partial charge in [-0.1, -0.05) is 41.4 Å². The van der Waals surface area contributed by atoms with E-state index in [2.05, 4.69) is 20.9 Å². The van der Waals surface area contributed by atoms with Crippen molar-refractivity contribution in [1.82, 2.24) is 4.98 Å². The molecule has 2 aromatic carbocycles. The van der Waals surface area contributed by atoms with Gasteiger partial charge >= 0.3 is 0 Å². The number of benzene rings is 2. The maximum Gasteiger partial charge on any atom is 0.153 e. The van der Waals surface area contributed by atoms with Crippen LogP contribution >= 0.6 is 27.5 Å². The average molecular weight is 349 g/mol. The van der Waals surface area contributed by atoms with Crippen molar-refractivity contribution in [2.75, 3.05) is 0 Å². The van der Waals surface area contributed by atoms with E-state index < -0.39 is 0 Å². The second-order valence-corrected chi connectivity index (χ2v) is 5.72. The summed E-state index contributed by atoms with van der Waals surface area (Å²) in [6, 6.07) is 13.6. The molecule has 0 spiro atoms. The molecule has 4 heteroatoms. The number of halogens is 2. The lowest BCUT2D eigenvalue weighted by atomic mass is 10.2. The molecule has 0 bridgehead atoms. The van der Waals surface area contributed by atoms with Crippen LogP contribution in [0.3, 0.4) is 0 Å². The summed E-state index contributed by atoms with van der Waals surface area (Å²) in [6.45, 7) is 2.04. The van der Waals surface area contributed by atoms with Crippen LogP contribution in [-0.2, 0) is 0 Å². The minimum atomic E-state index is 0.643. The van der Waals surface area contributed by atoms with Crippen molar-refractivity contribution in [3.8, 4) is 11.5 Å². The summed E-state index contributed by atoms with van der Waals surface area (Å²) in [7, 11) is 0. The molecule has 0 unspecified atom stereocenters. The summed E-state index contributed by atoms with van der Waals surface area (Å²) in [5.74, 6) is 1.48. The molecular weight excluding hydrogens is 338 g/mol. The van der Waals surface area contributed by atoms with E-state index in [4.69, 9.17) is 16.3 Å². The van der Waals surface area contributed by atoms with Crippen LogP contribution in [0, 0.1) is 6.92 Å². The highest BCUT2D eigenvalue weighted by Gasteiger charge is 2.09. The third-order valence-electron chi connectivity index (χ3n) is 3.00. The van der Waals surface area contributed by atoms with Crippen LogP contribution < -0.4 is 4.74 Å². The molecule has 2 nitrogen and oxygen atoms in total. The molecule has 3 rings (SSSR count). The molecule has 0 atom stereocenters. The van der Waals surface area contributed by atoms with Crippen molar-refractivity contribution in [2.45, 2.75) is 6.92 Å². The van der Waals surface area contributed by atoms with Gasteiger partial charge in [-0.05, 0) is 41.1 Å². The molecule has 0 N–H and O–H groups in total. The van der Waals surface area contributed by atoms with Crippen LogP contribution in [0.4, 0.5) is 0 Å². The zero-order valence-corrected chi connectivity index (χ0v) is 13.1. The third-order valence-corrected chi connectivity index (χ3v) is 4.24. The number of rotatable bonds is 2. The minimum Gasteiger partial charge on any atom is -0.455 e. The van der Waals surface area contributed by atoms with Crippen LogP contribution in [0.5, 0.6) is 11.5 Å². The summed E-state index contributed by atoms with van der Waals surface area (Å²) in [5.41, 5.74) is 1.95. The van der Waals surface area contributed by atoms with Crippen LogP contribution in [0.1, 0.15) is 5.56 Å². The van der Waals surface area contributed by atoms with Gasteiger partial charge in [-0.2, -0.15) is 0 Å². The molecule has 1 aromatic heterocycles. The molecule has 0 aliphatic heterocycles. The van der Waals surface area contributed by atoms with Gasteiger partial charge in [0.05, 0.1) is 9.50 Å². The molecule has 1 heterocycles. The van der Waals surface area contributed by atoms with E-state index in [-0.39, 0.29) is 0 Å². The summed E-state index contributed by atoms with van der Waals surface area (Å²) in [6.07, 6.45) is 1.69. The first-order chi connectivity index (χ1) is 9.65. The number of hydrogen-bond acceptors (Lipinski definition) is 2. The molecule has 0 aliphatic rings. The van der Waals surface area contributed by atoms with Gasteiger partial charge in [-0.3, -0.25) is 4.98 Å². The lowest BCUT2D eigenvalue weighted by molar-refractivity contribution is 0.487. The second kappa shape index (κ2) is 5.43. The number of aryl methyl sites for hydroxylation is 1. The van der Waals surface area contributed by atoms with E-state index in [1.165, 1.54) is 5.56 Å². The molecule has 100 valence electrons. The van der Waals surface area contributed by atoms with Crippen molar-refractivity contribution < 1.29 is 4.74 Å². The van der Waals surface area contributed by atoms with Crippen molar-refractivity contribution >= 4 is 38.4 Å². The van der Waals surface area contributed by atoms with Gasteiger partial charge in [-0.15, -0.1) is 0 Å². The van der Waals surface area contributed by atoms with Crippen LogP contribution in [0.2, 0.25) is 5.02 Å². The Hall–Kier alpha value is -1.58. The molecule has 20 heavy (non-hydrogen) atoms. The van der Waals surface area contributed by atoms with Gasteiger partial charge in [0.25, 0.3) is 0 Å². The first kappa shape index (κ1) is 13.4. The van der Waals surface area contributed by atoms with Crippen LogP contribution in [-0.4, -0.2) is 4.98 Å². The van der Waals surface area contributed by atoms with Crippen LogP contribution in [0.25, 0.3) is 10.9 Å². The number of aromatic nitrogens is 1. The van der Waals surface area contributed by atoms with Crippen molar-refractivity contribution in [3.05, 3.63) is 63.7 Å². The van der Waals surface area contributed by atoms with Gasteiger partial charge in [0.1, 0.15) is 11.3 Å². The maximum absolute atomic E-state index is 6.28. The Balaban J connectivity index is 2.08. The highest BCUT2D eigenvalue weighted by atomic mass is 79.9. The van der Waals surface area contributed by atoms with Gasteiger partial charge in [-0.25, -0.2) is 0 Å². The fourth-order valence-electron chi connectivity index (χ4n) is 1.95. The predicted molar refractivity (Wildman–Crippen MR) is 85.7 cm³/mol. The molecule has 0 saturated carbocycles. The fraction of sp³-hybridized carbons (Fsp3) is 0.0625. The topological polar surface area (TPSA) is 22.1 Å². The van der Waals surface area contributed by atoms with E-state index in [1.54, 1.807) is 6.20 Å². The molecule has 0 saturated heterocycles. The Morgan fingerprint density at radius 2 is 1.85 bits per heavy atom. The van der Waals surface area contributed by atoms with Crippen LogP contribution in [0.15, 0.2) is 53.1 Å². The van der Waals surface area contributed by atoms with E-state index in [9.17, 15) is 0 Å². The van der Waals surface area contributed by atoms with Crippen molar-refractivity contribution in [2.24, 2.45) is 0 Å². The molecular formula is C16H11BrClNO. The smallest absolute Gasteiger partial charge is 0.153 e. The molecule has 0 amide bonds. The zero-order valence-electron chi connectivity index (χ0n) is 10.7. The standard InChI is InChI=1S/C16H11BrClNO/c1-10-5-7-11(8-6-10)20-14-4-2-3-12-15(18)13(17)9-19-16(12)14/h2-9H,1H3. The van der Waals surface area contributed by atoms with E-state index in [0.717, 1.165) is 21.1 Å². The number of fused-ring (bicyclic) bond motifs is 1.